The van der Waals surface area contributed by atoms with Crippen LogP contribution in [0.1, 0.15) is 33.1 Å². The Balaban J connectivity index is 2.04. The van der Waals surface area contributed by atoms with Gasteiger partial charge in [0.2, 0.25) is 0 Å². The molecule has 1 heterocycles. The fraction of sp³-hybridized carbons (Fsp3) is 0.647. The number of hydrogen-bond donors (Lipinski definition) is 1. The van der Waals surface area contributed by atoms with Gasteiger partial charge in [0.25, 0.3) is 0 Å². The summed E-state index contributed by atoms with van der Waals surface area (Å²) in [7, 11) is 0. The molecule has 3 rings (SSSR count). The highest BCUT2D eigenvalue weighted by molar-refractivity contribution is 5.91. The molecule has 0 aromatic carbocycles. The lowest BCUT2D eigenvalue weighted by Crippen LogP contribution is -2.58. The third-order valence-corrected chi connectivity index (χ3v) is 5.60. The maximum absolute atomic E-state index is 12.0. The fourth-order valence-electron chi connectivity index (χ4n) is 4.56. The molecule has 0 radical (unpaired) electrons. The molecule has 3 fully saturated rings. The summed E-state index contributed by atoms with van der Waals surface area (Å²) in [6, 6.07) is 0. The van der Waals surface area contributed by atoms with Crippen LogP contribution < -0.4 is 0 Å². The zero-order valence-electron chi connectivity index (χ0n) is 13.0. The second-order valence-electron chi connectivity index (χ2n) is 6.97. The van der Waals surface area contributed by atoms with E-state index in [9.17, 15) is 14.7 Å². The third kappa shape index (κ3) is 2.02. The van der Waals surface area contributed by atoms with Crippen LogP contribution in [0.25, 0.3) is 0 Å². The van der Waals surface area contributed by atoms with Gasteiger partial charge in [-0.15, -0.1) is 0 Å². The highest BCUT2D eigenvalue weighted by Crippen LogP contribution is 2.57. The maximum Gasteiger partial charge on any atom is 0.334 e. The van der Waals surface area contributed by atoms with Crippen LogP contribution in [0.15, 0.2) is 24.3 Å². The van der Waals surface area contributed by atoms with Gasteiger partial charge in [-0.2, -0.15) is 0 Å². The van der Waals surface area contributed by atoms with Gasteiger partial charge < -0.3 is 14.6 Å². The summed E-state index contributed by atoms with van der Waals surface area (Å²) in [4.78, 5) is 23.4. The number of carbonyl (C=O) groups is 2. The fourth-order valence-corrected chi connectivity index (χ4v) is 4.56. The molecule has 22 heavy (non-hydrogen) atoms. The summed E-state index contributed by atoms with van der Waals surface area (Å²) in [5.74, 6) is -1.32. The van der Waals surface area contributed by atoms with Crippen molar-refractivity contribution in [3.8, 4) is 0 Å². The molecule has 5 nitrogen and oxygen atoms in total. The van der Waals surface area contributed by atoms with Gasteiger partial charge >= 0.3 is 11.9 Å². The first-order valence-corrected chi connectivity index (χ1v) is 7.68. The van der Waals surface area contributed by atoms with Crippen molar-refractivity contribution in [2.45, 2.75) is 51.4 Å². The minimum Gasteiger partial charge on any atom is -0.462 e. The van der Waals surface area contributed by atoms with Crippen molar-refractivity contribution >= 4 is 11.9 Å². The average Bonchev–Trinajstić information content (AvgIpc) is 2.70. The topological polar surface area (TPSA) is 72.8 Å². The Morgan fingerprint density at radius 2 is 2.14 bits per heavy atom. The van der Waals surface area contributed by atoms with Crippen LogP contribution in [0, 0.1) is 17.3 Å². The quantitative estimate of drug-likeness (QED) is 0.454. The molecule has 6 atom stereocenters. The molecular weight excluding hydrogens is 284 g/mol. The number of rotatable bonds is 1. The number of carbonyl (C=O) groups excluding carboxylic acids is 2. The normalized spacial score (nSPS) is 44.1. The lowest BCUT2D eigenvalue weighted by Gasteiger charge is -2.54. The number of hydrogen-bond acceptors (Lipinski definition) is 5. The van der Waals surface area contributed by atoms with Gasteiger partial charge in [0.15, 0.2) is 0 Å². The van der Waals surface area contributed by atoms with Gasteiger partial charge in [0.1, 0.15) is 12.2 Å². The molecule has 120 valence electrons. The molecule has 0 aromatic heterocycles. The first-order chi connectivity index (χ1) is 10.3. The minimum absolute atomic E-state index is 0.128. The number of aliphatic hydroxyl groups is 1. The lowest BCUT2D eigenvalue weighted by molar-refractivity contribution is -0.176. The average molecular weight is 306 g/mol. The molecule has 1 saturated heterocycles. The molecule has 2 aliphatic carbocycles. The number of ether oxygens (including phenoxy) is 2. The predicted molar refractivity (Wildman–Crippen MR) is 78.7 cm³/mol. The van der Waals surface area contributed by atoms with E-state index in [1.807, 2.05) is 6.92 Å². The van der Waals surface area contributed by atoms with E-state index in [0.29, 0.717) is 24.8 Å². The molecule has 1 N–H and O–H groups in total. The largest absolute Gasteiger partial charge is 0.462 e. The van der Waals surface area contributed by atoms with E-state index < -0.39 is 35.7 Å². The zero-order valence-corrected chi connectivity index (χ0v) is 13.0. The molecule has 0 amide bonds. The summed E-state index contributed by atoms with van der Waals surface area (Å²) >= 11 is 0. The smallest absolute Gasteiger partial charge is 0.334 e. The monoisotopic (exact) mass is 306 g/mol. The Morgan fingerprint density at radius 3 is 2.77 bits per heavy atom. The van der Waals surface area contributed by atoms with Gasteiger partial charge in [-0.3, -0.25) is 4.79 Å². The molecule has 1 aliphatic heterocycles. The second-order valence-corrected chi connectivity index (χ2v) is 6.97. The Labute approximate surface area is 130 Å². The van der Waals surface area contributed by atoms with Gasteiger partial charge in [-0.25, -0.2) is 4.79 Å². The van der Waals surface area contributed by atoms with Crippen LogP contribution in [-0.4, -0.2) is 35.4 Å². The van der Waals surface area contributed by atoms with E-state index in [2.05, 4.69) is 13.2 Å². The molecule has 5 heteroatoms. The maximum atomic E-state index is 12.0. The summed E-state index contributed by atoms with van der Waals surface area (Å²) in [5, 5.41) is 10.5. The summed E-state index contributed by atoms with van der Waals surface area (Å²) in [5.41, 5.74) is 0.833. The van der Waals surface area contributed by atoms with Crippen molar-refractivity contribution in [1.29, 1.82) is 0 Å². The highest BCUT2D eigenvalue weighted by atomic mass is 16.6. The predicted octanol–water partition coefficient (Wildman–Crippen LogP) is 1.75. The van der Waals surface area contributed by atoms with Gasteiger partial charge in [-0.05, 0) is 19.3 Å². The van der Waals surface area contributed by atoms with Crippen molar-refractivity contribution in [1.82, 2.24) is 0 Å². The van der Waals surface area contributed by atoms with Crippen LogP contribution in [0.2, 0.25) is 0 Å². The van der Waals surface area contributed by atoms with Crippen LogP contribution in [-0.2, 0) is 19.1 Å². The molecule has 0 aromatic rings. The highest BCUT2D eigenvalue weighted by Gasteiger charge is 2.62. The number of aliphatic hydroxyl groups excluding tert-OH is 1. The van der Waals surface area contributed by atoms with Crippen molar-refractivity contribution < 1.29 is 24.2 Å². The Bertz CT molecular complexity index is 565. The van der Waals surface area contributed by atoms with Crippen molar-refractivity contribution in [2.75, 3.05) is 0 Å². The SMILES string of the molecule is C=C1C(=O)OC2C1C(OC(C)=O)CC1(C)C(O)CCC(=C)C21. The summed E-state index contributed by atoms with van der Waals surface area (Å²) < 4.78 is 11.0. The van der Waals surface area contributed by atoms with E-state index in [1.165, 1.54) is 6.92 Å². The van der Waals surface area contributed by atoms with Crippen LogP contribution in [0.4, 0.5) is 0 Å². The molecular formula is C17H22O5. The van der Waals surface area contributed by atoms with E-state index in [-0.39, 0.29) is 11.8 Å². The van der Waals surface area contributed by atoms with Crippen LogP contribution in [0.3, 0.4) is 0 Å². The van der Waals surface area contributed by atoms with Crippen molar-refractivity contribution in [2.24, 2.45) is 17.3 Å². The summed E-state index contributed by atoms with van der Waals surface area (Å²) in [6.45, 7) is 11.3. The van der Waals surface area contributed by atoms with Crippen molar-refractivity contribution in [3.63, 3.8) is 0 Å². The molecule has 2 saturated carbocycles. The standard InChI is InChI=1S/C17H22O5/c1-8-5-6-12(19)17(4)7-11(21-10(3)18)13-9(2)16(20)22-15(13)14(8)17/h11-15,19H,1-2,5-7H2,3-4H3. The van der Waals surface area contributed by atoms with E-state index in [0.717, 1.165) is 5.57 Å². The zero-order chi connectivity index (χ0) is 16.2. The second kappa shape index (κ2) is 4.95. The van der Waals surface area contributed by atoms with E-state index >= 15 is 0 Å². The van der Waals surface area contributed by atoms with Gasteiger partial charge in [0, 0.05) is 23.8 Å². The molecule has 6 unspecified atom stereocenters. The number of fused-ring (bicyclic) bond motifs is 3. The van der Waals surface area contributed by atoms with Crippen LogP contribution in [0.5, 0.6) is 0 Å². The Hall–Kier alpha value is -1.62. The van der Waals surface area contributed by atoms with Crippen LogP contribution >= 0.6 is 0 Å². The third-order valence-electron chi connectivity index (χ3n) is 5.60. The van der Waals surface area contributed by atoms with Gasteiger partial charge in [-0.1, -0.05) is 25.7 Å². The Morgan fingerprint density at radius 1 is 1.45 bits per heavy atom. The van der Waals surface area contributed by atoms with Crippen molar-refractivity contribution in [3.05, 3.63) is 24.3 Å². The van der Waals surface area contributed by atoms with E-state index in [1.54, 1.807) is 0 Å². The van der Waals surface area contributed by atoms with Gasteiger partial charge in [0.05, 0.1) is 12.0 Å². The molecule has 0 bridgehead atoms. The first kappa shape index (κ1) is 15.3. The Kier molecular flexibility index (Phi) is 3.44. The minimum atomic E-state index is -0.533. The molecule has 0 spiro atoms. The first-order valence-electron chi connectivity index (χ1n) is 7.68. The molecule has 3 aliphatic rings. The lowest BCUT2D eigenvalue weighted by atomic mass is 9.53. The number of esters is 2. The summed E-state index contributed by atoms with van der Waals surface area (Å²) in [6.07, 6.45) is 0.342. The van der Waals surface area contributed by atoms with E-state index in [4.69, 9.17) is 9.47 Å².